The summed E-state index contributed by atoms with van der Waals surface area (Å²) in [5, 5.41) is 8.81. The van der Waals surface area contributed by atoms with Gasteiger partial charge in [-0.3, -0.25) is 0 Å². The van der Waals surface area contributed by atoms with Crippen molar-refractivity contribution in [3.63, 3.8) is 0 Å². The lowest BCUT2D eigenvalue weighted by Gasteiger charge is -2.19. The number of ether oxygens (including phenoxy) is 1. The van der Waals surface area contributed by atoms with Gasteiger partial charge in [-0.25, -0.2) is 0 Å². The van der Waals surface area contributed by atoms with Crippen LogP contribution in [0.1, 0.15) is 12.0 Å². The predicted molar refractivity (Wildman–Crippen MR) is 68.6 cm³/mol. The molecule has 0 aromatic heterocycles. The highest BCUT2D eigenvalue weighted by molar-refractivity contribution is 9.10. The summed E-state index contributed by atoms with van der Waals surface area (Å²) in [6, 6.07) is 7.87. The van der Waals surface area contributed by atoms with Crippen LogP contribution in [0.15, 0.2) is 22.7 Å². The van der Waals surface area contributed by atoms with Gasteiger partial charge in [-0.1, -0.05) is 0 Å². The van der Waals surface area contributed by atoms with Crippen molar-refractivity contribution in [1.82, 2.24) is 0 Å². The van der Waals surface area contributed by atoms with E-state index < -0.39 is 0 Å². The fourth-order valence-electron chi connectivity index (χ4n) is 1.41. The Morgan fingerprint density at radius 2 is 2.25 bits per heavy atom. The van der Waals surface area contributed by atoms with Crippen LogP contribution in [0.5, 0.6) is 0 Å². The summed E-state index contributed by atoms with van der Waals surface area (Å²) in [5.41, 5.74) is 1.76. The van der Waals surface area contributed by atoms with Gasteiger partial charge in [-0.05, 0) is 40.5 Å². The normalized spacial score (nSPS) is 9.88. The number of benzene rings is 1. The zero-order valence-corrected chi connectivity index (χ0v) is 11.1. The van der Waals surface area contributed by atoms with E-state index in [0.29, 0.717) is 5.56 Å². The topological polar surface area (TPSA) is 36.3 Å². The Labute approximate surface area is 105 Å². The second-order valence-electron chi connectivity index (χ2n) is 3.54. The zero-order valence-electron chi connectivity index (χ0n) is 9.53. The van der Waals surface area contributed by atoms with Crippen LogP contribution in [0.3, 0.4) is 0 Å². The molecule has 16 heavy (non-hydrogen) atoms. The van der Waals surface area contributed by atoms with Crippen molar-refractivity contribution in [2.45, 2.75) is 6.42 Å². The second-order valence-corrected chi connectivity index (χ2v) is 4.40. The van der Waals surface area contributed by atoms with Gasteiger partial charge in [0.25, 0.3) is 0 Å². The molecule has 0 spiro atoms. The molecule has 0 heterocycles. The molecule has 0 amide bonds. The number of hydrogen-bond donors (Lipinski definition) is 0. The standard InChI is InChI=1S/C12H15BrN2O/c1-15(6-3-7-16-2)11-5-4-10(9-14)12(13)8-11/h4-5,8H,3,6-7H2,1-2H3. The Hall–Kier alpha value is -1.05. The third kappa shape index (κ3) is 3.51. The average molecular weight is 283 g/mol. The van der Waals surface area contributed by atoms with E-state index in [1.165, 1.54) is 0 Å². The molecule has 0 atom stereocenters. The maximum absolute atomic E-state index is 8.81. The number of anilines is 1. The summed E-state index contributed by atoms with van der Waals surface area (Å²) in [4.78, 5) is 2.14. The second kappa shape index (κ2) is 6.51. The van der Waals surface area contributed by atoms with E-state index in [4.69, 9.17) is 10.00 Å². The van der Waals surface area contributed by atoms with E-state index in [1.54, 1.807) is 7.11 Å². The Balaban J connectivity index is 2.66. The monoisotopic (exact) mass is 282 g/mol. The molecule has 3 nitrogen and oxygen atoms in total. The van der Waals surface area contributed by atoms with E-state index in [9.17, 15) is 0 Å². The van der Waals surface area contributed by atoms with E-state index >= 15 is 0 Å². The lowest BCUT2D eigenvalue weighted by molar-refractivity contribution is 0.196. The molecule has 0 aliphatic rings. The van der Waals surface area contributed by atoms with Crippen molar-refractivity contribution < 1.29 is 4.74 Å². The van der Waals surface area contributed by atoms with Crippen LogP contribution >= 0.6 is 15.9 Å². The third-order valence-corrected chi connectivity index (χ3v) is 3.01. The smallest absolute Gasteiger partial charge is 0.100 e. The highest BCUT2D eigenvalue weighted by Gasteiger charge is 2.04. The van der Waals surface area contributed by atoms with Gasteiger partial charge in [0.2, 0.25) is 0 Å². The van der Waals surface area contributed by atoms with E-state index in [1.807, 2.05) is 25.2 Å². The maximum Gasteiger partial charge on any atom is 0.100 e. The molecule has 0 unspecified atom stereocenters. The van der Waals surface area contributed by atoms with E-state index in [2.05, 4.69) is 26.9 Å². The molecular weight excluding hydrogens is 268 g/mol. The molecular formula is C12H15BrN2O. The highest BCUT2D eigenvalue weighted by Crippen LogP contribution is 2.23. The van der Waals surface area contributed by atoms with Crippen LogP contribution in [0, 0.1) is 11.3 Å². The van der Waals surface area contributed by atoms with Gasteiger partial charge in [-0.2, -0.15) is 5.26 Å². The van der Waals surface area contributed by atoms with Crippen molar-refractivity contribution in [2.75, 3.05) is 32.2 Å². The Morgan fingerprint density at radius 3 is 2.81 bits per heavy atom. The fourth-order valence-corrected chi connectivity index (χ4v) is 1.86. The SMILES string of the molecule is COCCCN(C)c1ccc(C#N)c(Br)c1. The van der Waals surface area contributed by atoms with Crippen molar-refractivity contribution in [2.24, 2.45) is 0 Å². The van der Waals surface area contributed by atoms with Crippen molar-refractivity contribution in [3.8, 4) is 6.07 Å². The molecule has 0 saturated carbocycles. The van der Waals surface area contributed by atoms with Crippen LogP contribution in [0.2, 0.25) is 0 Å². The summed E-state index contributed by atoms with van der Waals surface area (Å²) in [6.07, 6.45) is 0.991. The first-order chi connectivity index (χ1) is 7.69. The Kier molecular flexibility index (Phi) is 5.30. The van der Waals surface area contributed by atoms with Gasteiger partial charge in [0, 0.05) is 37.5 Å². The average Bonchev–Trinajstić information content (AvgIpc) is 2.29. The van der Waals surface area contributed by atoms with Crippen LogP contribution in [0.25, 0.3) is 0 Å². The first-order valence-electron chi connectivity index (χ1n) is 5.08. The van der Waals surface area contributed by atoms with Gasteiger partial charge in [0.1, 0.15) is 6.07 Å². The number of nitrogens with zero attached hydrogens (tertiary/aromatic N) is 2. The Morgan fingerprint density at radius 1 is 1.50 bits per heavy atom. The first-order valence-corrected chi connectivity index (χ1v) is 5.88. The summed E-state index contributed by atoms with van der Waals surface area (Å²) in [6.45, 7) is 1.70. The predicted octanol–water partition coefficient (Wildman–Crippen LogP) is 2.79. The summed E-state index contributed by atoms with van der Waals surface area (Å²) in [7, 11) is 3.74. The van der Waals surface area contributed by atoms with Crippen molar-refractivity contribution >= 4 is 21.6 Å². The molecule has 0 radical (unpaired) electrons. The lowest BCUT2D eigenvalue weighted by Crippen LogP contribution is -2.19. The van der Waals surface area contributed by atoms with Gasteiger partial charge >= 0.3 is 0 Å². The fraction of sp³-hybridized carbons (Fsp3) is 0.417. The number of nitriles is 1. The van der Waals surface area contributed by atoms with Crippen LogP contribution in [0.4, 0.5) is 5.69 Å². The molecule has 0 fully saturated rings. The zero-order chi connectivity index (χ0) is 12.0. The molecule has 0 aliphatic carbocycles. The van der Waals surface area contributed by atoms with E-state index in [0.717, 1.165) is 29.7 Å². The largest absolute Gasteiger partial charge is 0.385 e. The molecule has 1 rings (SSSR count). The van der Waals surface area contributed by atoms with Crippen LogP contribution in [-0.2, 0) is 4.74 Å². The number of halogens is 1. The minimum atomic E-state index is 0.661. The quantitative estimate of drug-likeness (QED) is 0.780. The molecule has 1 aromatic carbocycles. The summed E-state index contributed by atoms with van der Waals surface area (Å²) in [5.74, 6) is 0. The molecule has 1 aromatic rings. The minimum absolute atomic E-state index is 0.661. The van der Waals surface area contributed by atoms with Crippen molar-refractivity contribution in [1.29, 1.82) is 5.26 Å². The number of methoxy groups -OCH3 is 1. The molecule has 0 bridgehead atoms. The van der Waals surface area contributed by atoms with Crippen LogP contribution in [-0.4, -0.2) is 27.3 Å². The summed E-state index contributed by atoms with van der Waals surface area (Å²) >= 11 is 3.38. The van der Waals surface area contributed by atoms with E-state index in [-0.39, 0.29) is 0 Å². The molecule has 0 saturated heterocycles. The highest BCUT2D eigenvalue weighted by atomic mass is 79.9. The summed E-state index contributed by atoms with van der Waals surface area (Å²) < 4.78 is 5.85. The first kappa shape index (κ1) is 13.0. The molecule has 4 heteroatoms. The lowest BCUT2D eigenvalue weighted by atomic mass is 10.2. The molecule has 0 aliphatic heterocycles. The Bertz CT molecular complexity index is 387. The minimum Gasteiger partial charge on any atom is -0.385 e. The van der Waals surface area contributed by atoms with Gasteiger partial charge in [0.05, 0.1) is 5.56 Å². The molecule has 86 valence electrons. The molecule has 0 N–H and O–H groups in total. The van der Waals surface area contributed by atoms with Crippen LogP contribution < -0.4 is 4.90 Å². The van der Waals surface area contributed by atoms with Gasteiger partial charge in [-0.15, -0.1) is 0 Å². The third-order valence-electron chi connectivity index (χ3n) is 2.36. The number of rotatable bonds is 5. The van der Waals surface area contributed by atoms with Gasteiger partial charge in [0.15, 0.2) is 0 Å². The van der Waals surface area contributed by atoms with Crippen molar-refractivity contribution in [3.05, 3.63) is 28.2 Å². The maximum atomic E-state index is 8.81. The number of hydrogen-bond acceptors (Lipinski definition) is 3. The van der Waals surface area contributed by atoms with Gasteiger partial charge < -0.3 is 9.64 Å².